The van der Waals surface area contributed by atoms with E-state index in [9.17, 15) is 0 Å². The van der Waals surface area contributed by atoms with Crippen molar-refractivity contribution < 1.29 is 0 Å². The van der Waals surface area contributed by atoms with E-state index in [-0.39, 0.29) is 0 Å². The Hall–Kier alpha value is -0.820. The fourth-order valence-corrected chi connectivity index (χ4v) is 2.96. The molecule has 0 saturated carbocycles. The Morgan fingerprint density at radius 2 is 1.86 bits per heavy atom. The topological polar surface area (TPSA) is 0 Å². The van der Waals surface area contributed by atoms with Gasteiger partial charge in [-0.15, -0.1) is 0 Å². The zero-order chi connectivity index (χ0) is 9.54. The van der Waals surface area contributed by atoms with Crippen LogP contribution in [0.5, 0.6) is 0 Å². The maximum absolute atomic E-state index is 3.57. The van der Waals surface area contributed by atoms with E-state index in [4.69, 9.17) is 0 Å². The summed E-state index contributed by atoms with van der Waals surface area (Å²) in [5.74, 6) is 0. The van der Waals surface area contributed by atoms with Crippen molar-refractivity contribution in [3.05, 3.63) is 45.9 Å². The zero-order valence-electron chi connectivity index (χ0n) is 7.89. The minimum atomic E-state index is 1.21. The number of hydrogen-bond donors (Lipinski definition) is 0. The second-order valence-corrected chi connectivity index (χ2v) is 4.85. The quantitative estimate of drug-likeness (QED) is 0.657. The molecule has 0 unspecified atom stereocenters. The van der Waals surface area contributed by atoms with Crippen LogP contribution in [0.2, 0.25) is 0 Å². The zero-order valence-corrected chi connectivity index (χ0v) is 9.47. The smallest absolute Gasteiger partial charge is 0.0184 e. The van der Waals surface area contributed by atoms with Crippen LogP contribution in [0, 0.1) is 0 Å². The van der Waals surface area contributed by atoms with Gasteiger partial charge in [-0.2, -0.15) is 0 Å². The molecule has 0 saturated heterocycles. The van der Waals surface area contributed by atoms with Crippen LogP contribution < -0.4 is 0 Å². The van der Waals surface area contributed by atoms with Crippen molar-refractivity contribution in [2.75, 3.05) is 0 Å². The van der Waals surface area contributed by atoms with Gasteiger partial charge in [-0.05, 0) is 53.3 Å². The van der Waals surface area contributed by atoms with Crippen molar-refractivity contribution in [2.45, 2.75) is 19.3 Å². The summed E-state index contributed by atoms with van der Waals surface area (Å²) in [5.41, 5.74) is 3.03. The van der Waals surface area contributed by atoms with Gasteiger partial charge in [0, 0.05) is 4.47 Å². The molecule has 2 aromatic rings. The number of aryl methyl sites for hydroxylation is 2. The van der Waals surface area contributed by atoms with Gasteiger partial charge in [0.1, 0.15) is 0 Å². The lowest BCUT2D eigenvalue weighted by Gasteiger charge is -2.17. The van der Waals surface area contributed by atoms with Gasteiger partial charge in [0.25, 0.3) is 0 Å². The van der Waals surface area contributed by atoms with E-state index in [1.54, 1.807) is 0 Å². The third-order valence-electron chi connectivity index (χ3n) is 3.00. The van der Waals surface area contributed by atoms with Crippen molar-refractivity contribution in [2.24, 2.45) is 0 Å². The highest BCUT2D eigenvalue weighted by Gasteiger charge is 2.12. The summed E-state index contributed by atoms with van der Waals surface area (Å²) in [6, 6.07) is 11.1. The summed E-state index contributed by atoms with van der Waals surface area (Å²) < 4.78 is 1.21. The average molecular weight is 247 g/mol. The molecule has 0 atom stereocenters. The number of benzene rings is 2. The first-order valence-corrected chi connectivity index (χ1v) is 5.84. The first kappa shape index (κ1) is 8.49. The van der Waals surface area contributed by atoms with Gasteiger partial charge in [-0.1, -0.05) is 34.1 Å². The van der Waals surface area contributed by atoms with Crippen LogP contribution in [-0.4, -0.2) is 0 Å². The molecule has 0 spiro atoms. The summed E-state index contributed by atoms with van der Waals surface area (Å²) in [6.07, 6.45) is 3.77. The molecule has 2 aromatic carbocycles. The van der Waals surface area contributed by atoms with Crippen molar-refractivity contribution in [3.8, 4) is 0 Å². The van der Waals surface area contributed by atoms with Crippen LogP contribution in [0.4, 0.5) is 0 Å². The van der Waals surface area contributed by atoms with E-state index in [0.29, 0.717) is 0 Å². The first-order chi connectivity index (χ1) is 6.84. The van der Waals surface area contributed by atoms with Crippen LogP contribution in [0.3, 0.4) is 0 Å². The fraction of sp³-hybridized carbons (Fsp3) is 0.231. The molecule has 0 fully saturated rings. The Balaban J connectivity index is 2.48. The molecule has 0 radical (unpaired) electrons. The predicted octanol–water partition coefficient (Wildman–Crippen LogP) is 4.09. The lowest BCUT2D eigenvalue weighted by molar-refractivity contribution is 0.807. The van der Waals surface area contributed by atoms with Crippen molar-refractivity contribution in [3.63, 3.8) is 0 Å². The molecule has 0 nitrogen and oxygen atoms in total. The van der Waals surface area contributed by atoms with Gasteiger partial charge < -0.3 is 0 Å². The van der Waals surface area contributed by atoms with Gasteiger partial charge >= 0.3 is 0 Å². The summed E-state index contributed by atoms with van der Waals surface area (Å²) in [6.45, 7) is 0. The van der Waals surface area contributed by atoms with Gasteiger partial charge in [0.2, 0.25) is 0 Å². The molecule has 3 rings (SSSR count). The highest BCUT2D eigenvalue weighted by molar-refractivity contribution is 9.10. The summed E-state index contributed by atoms with van der Waals surface area (Å²) in [5, 5.41) is 2.88. The van der Waals surface area contributed by atoms with Crippen LogP contribution in [0.15, 0.2) is 34.8 Å². The molecule has 0 amide bonds. The molecule has 0 aromatic heterocycles. The third kappa shape index (κ3) is 1.19. The molecule has 0 aliphatic heterocycles. The largest absolute Gasteiger partial charge is 0.0614 e. The lowest BCUT2D eigenvalue weighted by Crippen LogP contribution is -2.00. The summed E-state index contributed by atoms with van der Waals surface area (Å²) in [7, 11) is 0. The number of rotatable bonds is 0. The third-order valence-corrected chi connectivity index (χ3v) is 3.46. The van der Waals surface area contributed by atoms with Crippen LogP contribution in [-0.2, 0) is 12.8 Å². The van der Waals surface area contributed by atoms with E-state index >= 15 is 0 Å². The minimum Gasteiger partial charge on any atom is -0.0614 e. The van der Waals surface area contributed by atoms with E-state index in [1.165, 1.54) is 45.6 Å². The molecule has 1 aliphatic carbocycles. The summed E-state index contributed by atoms with van der Waals surface area (Å²) >= 11 is 3.57. The van der Waals surface area contributed by atoms with Crippen LogP contribution in [0.25, 0.3) is 10.8 Å². The molecular weight excluding hydrogens is 236 g/mol. The van der Waals surface area contributed by atoms with Gasteiger partial charge in [-0.3, -0.25) is 0 Å². The molecular formula is C13H11Br. The lowest BCUT2D eigenvalue weighted by atomic mass is 9.89. The van der Waals surface area contributed by atoms with Gasteiger partial charge in [0.15, 0.2) is 0 Å². The van der Waals surface area contributed by atoms with Crippen LogP contribution in [0.1, 0.15) is 17.5 Å². The van der Waals surface area contributed by atoms with Gasteiger partial charge in [-0.25, -0.2) is 0 Å². The first-order valence-electron chi connectivity index (χ1n) is 5.04. The second kappa shape index (κ2) is 3.09. The van der Waals surface area contributed by atoms with Gasteiger partial charge in [0.05, 0.1) is 0 Å². The normalized spacial score (nSPS) is 14.6. The minimum absolute atomic E-state index is 1.21. The van der Waals surface area contributed by atoms with E-state index in [2.05, 4.69) is 46.3 Å². The van der Waals surface area contributed by atoms with Crippen molar-refractivity contribution in [1.29, 1.82) is 0 Å². The maximum atomic E-state index is 3.57. The Morgan fingerprint density at radius 3 is 2.79 bits per heavy atom. The molecule has 0 N–H and O–H groups in total. The Bertz CT molecular complexity index is 500. The van der Waals surface area contributed by atoms with Crippen LogP contribution >= 0.6 is 15.9 Å². The number of hydrogen-bond acceptors (Lipinski definition) is 0. The molecule has 0 bridgehead atoms. The molecule has 1 heteroatoms. The highest BCUT2D eigenvalue weighted by atomic mass is 79.9. The maximum Gasteiger partial charge on any atom is 0.0184 e. The molecule has 0 heterocycles. The Labute approximate surface area is 92.1 Å². The Kier molecular flexibility index (Phi) is 1.88. The van der Waals surface area contributed by atoms with E-state index in [1.807, 2.05) is 0 Å². The second-order valence-electron chi connectivity index (χ2n) is 3.93. The van der Waals surface area contributed by atoms with E-state index < -0.39 is 0 Å². The fourth-order valence-electron chi connectivity index (χ4n) is 2.44. The van der Waals surface area contributed by atoms with E-state index in [0.717, 1.165) is 0 Å². The molecule has 1 aliphatic rings. The Morgan fingerprint density at radius 1 is 1.00 bits per heavy atom. The van der Waals surface area contributed by atoms with Crippen molar-refractivity contribution >= 4 is 26.7 Å². The monoisotopic (exact) mass is 246 g/mol. The van der Waals surface area contributed by atoms with Crippen molar-refractivity contribution in [1.82, 2.24) is 0 Å². The SMILES string of the molecule is Brc1cc2c3c(cccc3c1)CCC2. The predicted molar refractivity (Wildman–Crippen MR) is 63.7 cm³/mol. The molecule has 70 valence electrons. The highest BCUT2D eigenvalue weighted by Crippen LogP contribution is 2.32. The summed E-state index contributed by atoms with van der Waals surface area (Å²) in [4.78, 5) is 0. The average Bonchev–Trinajstić information content (AvgIpc) is 2.18. The molecule has 14 heavy (non-hydrogen) atoms. The number of halogens is 1. The standard InChI is InChI=1S/C13H11Br/c14-12-7-10-5-1-3-9-4-2-6-11(8-12)13(9)10/h1,3,5,7-8H,2,4,6H2.